The maximum atomic E-state index is 12.6. The molecule has 2 rings (SSSR count). The first-order valence-corrected chi connectivity index (χ1v) is 10.2. The van der Waals surface area contributed by atoms with E-state index in [4.69, 9.17) is 14.2 Å². The van der Waals surface area contributed by atoms with Gasteiger partial charge in [0.1, 0.15) is 6.61 Å². The van der Waals surface area contributed by atoms with E-state index in [0.29, 0.717) is 47.3 Å². The number of allylic oxidation sites excluding steroid dienone is 1. The van der Waals surface area contributed by atoms with Gasteiger partial charge in [0.2, 0.25) is 0 Å². The second kappa shape index (κ2) is 10.1. The smallest absolute Gasteiger partial charge is 0.338 e. The minimum absolute atomic E-state index is 0.310. The quantitative estimate of drug-likeness (QED) is 0.495. The number of thioether (sulfide) groups is 1. The molecular weight excluding hydrogens is 368 g/mol. The van der Waals surface area contributed by atoms with Gasteiger partial charge in [0, 0.05) is 11.4 Å². The van der Waals surface area contributed by atoms with E-state index in [-0.39, 0.29) is 6.03 Å². The van der Waals surface area contributed by atoms with Gasteiger partial charge in [-0.25, -0.2) is 9.59 Å². The summed E-state index contributed by atoms with van der Waals surface area (Å²) in [6.07, 6.45) is 2.82. The number of esters is 1. The van der Waals surface area contributed by atoms with Crippen LogP contribution in [-0.4, -0.2) is 44.3 Å². The Kier molecular flexibility index (Phi) is 7.84. The van der Waals surface area contributed by atoms with Gasteiger partial charge in [-0.1, -0.05) is 13.0 Å². The minimum atomic E-state index is -0.630. The van der Waals surface area contributed by atoms with E-state index < -0.39 is 12.0 Å². The number of benzene rings is 1. The number of rotatable bonds is 9. The number of nitrogens with one attached hydrogen (secondary N) is 2. The van der Waals surface area contributed by atoms with Crippen LogP contribution in [0.4, 0.5) is 4.79 Å². The normalized spacial score (nSPS) is 16.4. The van der Waals surface area contributed by atoms with Crippen LogP contribution in [0.1, 0.15) is 31.9 Å². The van der Waals surface area contributed by atoms with Crippen molar-refractivity contribution in [3.8, 4) is 11.5 Å². The van der Waals surface area contributed by atoms with Crippen molar-refractivity contribution in [2.24, 2.45) is 0 Å². The zero-order valence-electron chi connectivity index (χ0n) is 16.1. The molecule has 0 radical (unpaired) electrons. The molecule has 27 heavy (non-hydrogen) atoms. The van der Waals surface area contributed by atoms with Crippen molar-refractivity contribution in [2.45, 2.75) is 26.3 Å². The molecule has 0 aliphatic carbocycles. The van der Waals surface area contributed by atoms with E-state index in [9.17, 15) is 9.59 Å². The topological polar surface area (TPSA) is 85.9 Å². The minimum Gasteiger partial charge on any atom is -0.493 e. The van der Waals surface area contributed by atoms with E-state index in [0.717, 1.165) is 6.42 Å². The molecule has 1 aliphatic rings. The molecule has 0 saturated carbocycles. The summed E-state index contributed by atoms with van der Waals surface area (Å²) in [4.78, 5) is 24.6. The fourth-order valence-electron chi connectivity index (χ4n) is 2.70. The van der Waals surface area contributed by atoms with Crippen LogP contribution in [0.15, 0.2) is 29.5 Å². The molecule has 0 spiro atoms. The summed E-state index contributed by atoms with van der Waals surface area (Å²) in [6, 6.07) is 4.36. The van der Waals surface area contributed by atoms with E-state index in [1.54, 1.807) is 37.9 Å². The highest BCUT2D eigenvalue weighted by molar-refractivity contribution is 7.98. The lowest BCUT2D eigenvalue weighted by molar-refractivity contribution is -0.138. The molecule has 1 aromatic carbocycles. The molecule has 148 valence electrons. The van der Waals surface area contributed by atoms with Crippen molar-refractivity contribution in [2.75, 3.05) is 32.3 Å². The fraction of sp³-hybridized carbons (Fsp3) is 0.474. The van der Waals surface area contributed by atoms with Gasteiger partial charge in [0.05, 0.1) is 25.3 Å². The SMILES string of the molecule is CCCOc1ccc([C@H]2NC(=O)NC(C)=C2C(=O)OCCSC)cc1OC. The maximum Gasteiger partial charge on any atom is 0.338 e. The average molecular weight is 394 g/mol. The Labute approximate surface area is 163 Å². The van der Waals surface area contributed by atoms with Gasteiger partial charge in [-0.3, -0.25) is 0 Å². The van der Waals surface area contributed by atoms with Crippen LogP contribution in [-0.2, 0) is 9.53 Å². The third-order valence-corrected chi connectivity index (χ3v) is 4.57. The highest BCUT2D eigenvalue weighted by Crippen LogP contribution is 2.34. The zero-order chi connectivity index (χ0) is 19.8. The van der Waals surface area contributed by atoms with E-state index in [1.807, 2.05) is 19.2 Å². The second-order valence-corrected chi connectivity index (χ2v) is 6.94. The van der Waals surface area contributed by atoms with Gasteiger partial charge in [0.25, 0.3) is 0 Å². The number of carbonyl (C=O) groups excluding carboxylic acids is 2. The summed E-state index contributed by atoms with van der Waals surface area (Å²) >= 11 is 1.59. The molecule has 1 atom stereocenters. The highest BCUT2D eigenvalue weighted by atomic mass is 32.2. The molecule has 0 bridgehead atoms. The number of hydrogen-bond donors (Lipinski definition) is 2. The average Bonchev–Trinajstić information content (AvgIpc) is 2.65. The third-order valence-electron chi connectivity index (χ3n) is 3.99. The summed E-state index contributed by atoms with van der Waals surface area (Å²) in [5, 5.41) is 5.42. The van der Waals surface area contributed by atoms with Crippen LogP contribution in [0.5, 0.6) is 11.5 Å². The van der Waals surface area contributed by atoms with Crippen LogP contribution in [0.2, 0.25) is 0 Å². The van der Waals surface area contributed by atoms with E-state index in [2.05, 4.69) is 10.6 Å². The van der Waals surface area contributed by atoms with Gasteiger partial charge < -0.3 is 24.8 Å². The Morgan fingerprint density at radius 2 is 2.04 bits per heavy atom. The van der Waals surface area contributed by atoms with E-state index >= 15 is 0 Å². The second-order valence-electron chi connectivity index (χ2n) is 5.96. The largest absolute Gasteiger partial charge is 0.493 e. The first kappa shape index (κ1) is 21.0. The van der Waals surface area contributed by atoms with Crippen LogP contribution in [0, 0.1) is 0 Å². The summed E-state index contributed by atoms with van der Waals surface area (Å²) in [6.45, 7) is 4.59. The lowest BCUT2D eigenvalue weighted by Crippen LogP contribution is -2.45. The molecule has 1 heterocycles. The van der Waals surface area contributed by atoms with Crippen molar-refractivity contribution in [1.82, 2.24) is 10.6 Å². The molecular formula is C19H26N2O5S. The van der Waals surface area contributed by atoms with Crippen molar-refractivity contribution < 1.29 is 23.8 Å². The number of amides is 2. The standard InChI is InChI=1S/C19H26N2O5S/c1-5-8-25-14-7-6-13(11-15(14)24-3)17-16(12(2)20-19(23)21-17)18(22)26-9-10-27-4/h6-7,11,17H,5,8-10H2,1-4H3,(H2,20,21,23)/t17-/m1/s1. The first-order chi connectivity index (χ1) is 13.0. The third kappa shape index (κ3) is 5.32. The fourth-order valence-corrected chi connectivity index (χ4v) is 2.95. The monoisotopic (exact) mass is 394 g/mol. The molecule has 2 N–H and O–H groups in total. The van der Waals surface area contributed by atoms with Gasteiger partial charge >= 0.3 is 12.0 Å². The van der Waals surface area contributed by atoms with Crippen molar-refractivity contribution in [3.63, 3.8) is 0 Å². The Bertz CT molecular complexity index is 720. The summed E-state index contributed by atoms with van der Waals surface area (Å²) in [5.74, 6) is 1.42. The van der Waals surface area contributed by atoms with Crippen molar-refractivity contribution >= 4 is 23.8 Å². The Morgan fingerprint density at radius 3 is 2.70 bits per heavy atom. The summed E-state index contributed by atoms with van der Waals surface area (Å²) in [5.41, 5.74) is 1.56. The molecule has 2 amide bonds. The molecule has 1 aromatic rings. The van der Waals surface area contributed by atoms with Crippen LogP contribution >= 0.6 is 11.8 Å². The summed E-state index contributed by atoms with van der Waals surface area (Å²) in [7, 11) is 1.55. The highest BCUT2D eigenvalue weighted by Gasteiger charge is 2.32. The van der Waals surface area contributed by atoms with Gasteiger partial charge in [-0.15, -0.1) is 0 Å². The lowest BCUT2D eigenvalue weighted by atomic mass is 9.95. The Hall–Kier alpha value is -2.35. The van der Waals surface area contributed by atoms with Gasteiger partial charge in [0.15, 0.2) is 11.5 Å². The number of urea groups is 1. The maximum absolute atomic E-state index is 12.6. The number of carbonyl (C=O) groups is 2. The molecule has 0 fully saturated rings. The molecule has 8 heteroatoms. The lowest BCUT2D eigenvalue weighted by Gasteiger charge is -2.28. The first-order valence-electron chi connectivity index (χ1n) is 8.76. The molecule has 7 nitrogen and oxygen atoms in total. The van der Waals surface area contributed by atoms with E-state index in [1.165, 1.54) is 0 Å². The predicted octanol–water partition coefficient (Wildman–Crippen LogP) is 3.02. The van der Waals surface area contributed by atoms with Crippen molar-refractivity contribution in [3.05, 3.63) is 35.0 Å². The number of ether oxygens (including phenoxy) is 3. The van der Waals surface area contributed by atoms with Crippen molar-refractivity contribution in [1.29, 1.82) is 0 Å². The number of methoxy groups -OCH3 is 1. The summed E-state index contributed by atoms with van der Waals surface area (Å²) < 4.78 is 16.4. The molecule has 0 aromatic heterocycles. The number of hydrogen-bond acceptors (Lipinski definition) is 6. The van der Waals surface area contributed by atoms with Crippen LogP contribution in [0.25, 0.3) is 0 Å². The van der Waals surface area contributed by atoms with Gasteiger partial charge in [-0.2, -0.15) is 11.8 Å². The Morgan fingerprint density at radius 1 is 1.26 bits per heavy atom. The molecule has 0 unspecified atom stereocenters. The van der Waals surface area contributed by atoms with Crippen LogP contribution in [0.3, 0.4) is 0 Å². The van der Waals surface area contributed by atoms with Crippen LogP contribution < -0.4 is 20.1 Å². The Balaban J connectivity index is 2.33. The zero-order valence-corrected chi connectivity index (χ0v) is 16.9. The molecule has 1 aliphatic heterocycles. The predicted molar refractivity (Wildman–Crippen MR) is 105 cm³/mol. The van der Waals surface area contributed by atoms with Gasteiger partial charge in [-0.05, 0) is 37.3 Å². The molecule has 0 saturated heterocycles.